The van der Waals surface area contributed by atoms with E-state index in [-0.39, 0.29) is 17.9 Å². The topological polar surface area (TPSA) is 92.2 Å². The van der Waals surface area contributed by atoms with E-state index in [0.717, 1.165) is 66.6 Å². The molecule has 5 rings (SSSR count). The highest BCUT2D eigenvalue weighted by atomic mass is 16.5. The first-order valence-electron chi connectivity index (χ1n) is 11.9. The van der Waals surface area contributed by atoms with Crippen molar-refractivity contribution in [3.8, 4) is 17.0 Å². The number of methoxy groups -OCH3 is 1. The molecule has 1 aromatic carbocycles. The summed E-state index contributed by atoms with van der Waals surface area (Å²) in [6, 6.07) is 13.3. The van der Waals surface area contributed by atoms with Crippen LogP contribution in [0.5, 0.6) is 5.75 Å². The van der Waals surface area contributed by atoms with Crippen molar-refractivity contribution in [1.29, 1.82) is 0 Å². The highest BCUT2D eigenvalue weighted by Crippen LogP contribution is 2.34. The number of piperidine rings is 1. The normalized spacial score (nSPS) is 19.5. The Labute approximate surface area is 198 Å². The van der Waals surface area contributed by atoms with Gasteiger partial charge in [-0.05, 0) is 49.6 Å². The van der Waals surface area contributed by atoms with E-state index in [2.05, 4.69) is 26.5 Å². The molecule has 8 heteroatoms. The van der Waals surface area contributed by atoms with E-state index >= 15 is 0 Å². The molecule has 178 valence electrons. The predicted octanol–water partition coefficient (Wildman–Crippen LogP) is 2.33. The molecule has 2 aliphatic rings. The quantitative estimate of drug-likeness (QED) is 0.564. The largest absolute Gasteiger partial charge is 0.497 e. The number of fused-ring (bicyclic) bond motifs is 4. The second kappa shape index (κ2) is 9.46. The molecule has 2 N–H and O–H groups in total. The van der Waals surface area contributed by atoms with Crippen LogP contribution in [0, 0.1) is 12.8 Å². The number of rotatable bonds is 7. The summed E-state index contributed by atoms with van der Waals surface area (Å²) in [6.45, 7) is 6.05. The second-order valence-corrected chi connectivity index (χ2v) is 9.39. The number of carbonyl (C=O) groups is 1. The van der Waals surface area contributed by atoms with Crippen LogP contribution in [0.15, 0.2) is 47.3 Å². The lowest BCUT2D eigenvalue weighted by Crippen LogP contribution is -2.48. The Bertz CT molecular complexity index is 1230. The van der Waals surface area contributed by atoms with Crippen molar-refractivity contribution >= 4 is 5.91 Å². The van der Waals surface area contributed by atoms with E-state index < -0.39 is 0 Å². The maximum Gasteiger partial charge on any atom is 0.250 e. The zero-order valence-corrected chi connectivity index (χ0v) is 19.7. The number of aromatic nitrogens is 3. The summed E-state index contributed by atoms with van der Waals surface area (Å²) >= 11 is 0. The van der Waals surface area contributed by atoms with Crippen LogP contribution in [-0.4, -0.2) is 58.9 Å². The smallest absolute Gasteiger partial charge is 0.250 e. The lowest BCUT2D eigenvalue weighted by molar-refractivity contribution is -0.120. The van der Waals surface area contributed by atoms with Gasteiger partial charge in [-0.3, -0.25) is 14.7 Å². The van der Waals surface area contributed by atoms with Gasteiger partial charge in [0, 0.05) is 67.2 Å². The first kappa shape index (κ1) is 22.4. The fourth-order valence-electron chi connectivity index (χ4n) is 5.41. The number of aryl methyl sites for hydroxylation is 1. The molecule has 2 unspecified atom stereocenters. The molecule has 2 bridgehead atoms. The van der Waals surface area contributed by atoms with Gasteiger partial charge in [-0.15, -0.1) is 0 Å². The number of nitrogens with one attached hydrogen (secondary N) is 2. The van der Waals surface area contributed by atoms with E-state index in [0.29, 0.717) is 18.4 Å². The van der Waals surface area contributed by atoms with Crippen LogP contribution >= 0.6 is 0 Å². The van der Waals surface area contributed by atoms with Crippen LogP contribution in [0.1, 0.15) is 29.3 Å². The van der Waals surface area contributed by atoms with Gasteiger partial charge < -0.3 is 19.5 Å². The highest BCUT2D eigenvalue weighted by Gasteiger charge is 2.34. The van der Waals surface area contributed by atoms with Crippen molar-refractivity contribution < 1.29 is 9.53 Å². The molecule has 0 radical (unpaired) electrons. The monoisotopic (exact) mass is 461 g/mol. The summed E-state index contributed by atoms with van der Waals surface area (Å²) in [5.41, 5.74) is 4.83. The first-order valence-corrected chi connectivity index (χ1v) is 11.9. The molecule has 2 aliphatic heterocycles. The SMILES string of the molecule is COc1ccc(-c2n[nH]c(C)c2CC(=O)NCCN2CC3CC(C2)c2cccc(=O)n2C3)cc1. The van der Waals surface area contributed by atoms with Gasteiger partial charge in [0.2, 0.25) is 5.91 Å². The zero-order valence-electron chi connectivity index (χ0n) is 19.7. The average Bonchev–Trinajstić information content (AvgIpc) is 3.19. The molecule has 3 aromatic rings. The molecule has 34 heavy (non-hydrogen) atoms. The van der Waals surface area contributed by atoms with Crippen LogP contribution < -0.4 is 15.6 Å². The summed E-state index contributed by atoms with van der Waals surface area (Å²) in [6.07, 6.45) is 1.42. The molecular formula is C26H31N5O3. The molecule has 2 atom stereocenters. The Balaban J connectivity index is 1.17. The number of H-pyrrole nitrogens is 1. The molecule has 1 saturated heterocycles. The number of likely N-dealkylation sites (tertiary alicyclic amines) is 1. The van der Waals surface area contributed by atoms with Crippen molar-refractivity contribution in [3.63, 3.8) is 0 Å². The molecule has 2 aromatic heterocycles. The van der Waals surface area contributed by atoms with E-state index in [1.807, 2.05) is 41.8 Å². The molecule has 1 amide bonds. The van der Waals surface area contributed by atoms with Crippen molar-refractivity contribution in [1.82, 2.24) is 25.0 Å². The summed E-state index contributed by atoms with van der Waals surface area (Å²) < 4.78 is 7.18. The average molecular weight is 462 g/mol. The van der Waals surface area contributed by atoms with Crippen molar-refractivity contribution in [2.24, 2.45) is 5.92 Å². The maximum absolute atomic E-state index is 12.8. The maximum atomic E-state index is 12.8. The highest BCUT2D eigenvalue weighted by molar-refractivity contribution is 5.81. The third kappa shape index (κ3) is 4.50. The fourth-order valence-corrected chi connectivity index (χ4v) is 5.41. The minimum absolute atomic E-state index is 0.00615. The van der Waals surface area contributed by atoms with Crippen molar-refractivity contribution in [2.45, 2.75) is 32.2 Å². The lowest BCUT2D eigenvalue weighted by Gasteiger charge is -2.42. The molecule has 0 saturated carbocycles. The van der Waals surface area contributed by atoms with E-state index in [1.165, 1.54) is 0 Å². The Morgan fingerprint density at radius 3 is 2.79 bits per heavy atom. The minimum atomic E-state index is -0.00615. The number of hydrogen-bond donors (Lipinski definition) is 2. The molecular weight excluding hydrogens is 430 g/mol. The number of aromatic amines is 1. The number of benzene rings is 1. The van der Waals surface area contributed by atoms with E-state index in [1.54, 1.807) is 13.2 Å². The van der Waals surface area contributed by atoms with Gasteiger partial charge in [0.1, 0.15) is 5.75 Å². The van der Waals surface area contributed by atoms with Crippen LogP contribution in [0.4, 0.5) is 0 Å². The first-order chi connectivity index (χ1) is 16.5. The minimum Gasteiger partial charge on any atom is -0.497 e. The van der Waals surface area contributed by atoms with Gasteiger partial charge in [0.15, 0.2) is 0 Å². The molecule has 4 heterocycles. The van der Waals surface area contributed by atoms with E-state index in [4.69, 9.17) is 4.74 Å². The molecule has 8 nitrogen and oxygen atoms in total. The lowest BCUT2D eigenvalue weighted by atomic mass is 9.83. The number of ether oxygens (including phenoxy) is 1. The van der Waals surface area contributed by atoms with E-state index in [9.17, 15) is 9.59 Å². The summed E-state index contributed by atoms with van der Waals surface area (Å²) in [5.74, 6) is 1.65. The Hall–Kier alpha value is -3.39. The summed E-state index contributed by atoms with van der Waals surface area (Å²) in [7, 11) is 1.64. The van der Waals surface area contributed by atoms with Crippen LogP contribution in [0.3, 0.4) is 0 Å². The van der Waals surface area contributed by atoms with Crippen LogP contribution in [0.25, 0.3) is 11.3 Å². The predicted molar refractivity (Wildman–Crippen MR) is 130 cm³/mol. The van der Waals surface area contributed by atoms with Crippen LogP contribution in [-0.2, 0) is 17.8 Å². The number of carbonyl (C=O) groups excluding carboxylic acids is 1. The van der Waals surface area contributed by atoms with Gasteiger partial charge in [-0.2, -0.15) is 5.10 Å². The third-order valence-electron chi connectivity index (χ3n) is 7.08. The molecule has 1 fully saturated rings. The second-order valence-electron chi connectivity index (χ2n) is 9.39. The van der Waals surface area contributed by atoms with Gasteiger partial charge in [-0.25, -0.2) is 0 Å². The fraction of sp³-hybridized carbons (Fsp3) is 0.423. The summed E-state index contributed by atoms with van der Waals surface area (Å²) in [4.78, 5) is 27.4. The Morgan fingerprint density at radius 1 is 1.18 bits per heavy atom. The number of amides is 1. The number of pyridine rings is 1. The Morgan fingerprint density at radius 2 is 2.00 bits per heavy atom. The van der Waals surface area contributed by atoms with Gasteiger partial charge in [0.25, 0.3) is 5.56 Å². The third-order valence-corrected chi connectivity index (χ3v) is 7.08. The van der Waals surface area contributed by atoms with Gasteiger partial charge in [0.05, 0.1) is 19.2 Å². The summed E-state index contributed by atoms with van der Waals surface area (Å²) in [5, 5.41) is 10.5. The van der Waals surface area contributed by atoms with Crippen molar-refractivity contribution in [3.05, 3.63) is 69.8 Å². The van der Waals surface area contributed by atoms with Gasteiger partial charge >= 0.3 is 0 Å². The zero-order chi connectivity index (χ0) is 23.7. The standard InChI is InChI=1S/C26H31N5O3/c1-17-22(26(29-28-17)19-6-8-21(34-2)9-7-19)13-24(32)27-10-11-30-14-18-12-20(16-30)23-4-3-5-25(33)31(23)15-18/h3-9,18,20H,10-16H2,1-2H3,(H,27,32)(H,28,29). The number of hydrogen-bond acceptors (Lipinski definition) is 5. The van der Waals surface area contributed by atoms with Crippen molar-refractivity contribution in [2.75, 3.05) is 33.3 Å². The number of nitrogens with zero attached hydrogens (tertiary/aromatic N) is 3. The molecule has 0 aliphatic carbocycles. The molecule has 0 spiro atoms. The van der Waals surface area contributed by atoms with Gasteiger partial charge in [-0.1, -0.05) is 6.07 Å². The van der Waals surface area contributed by atoms with Crippen LogP contribution in [0.2, 0.25) is 0 Å². The Kier molecular flexibility index (Phi) is 6.24.